The van der Waals surface area contributed by atoms with Gasteiger partial charge in [0.2, 0.25) is 5.95 Å². The molecule has 1 N–H and O–H groups in total. The highest BCUT2D eigenvalue weighted by Crippen LogP contribution is 2.32. The number of carboxylic acid groups (broad SMARTS) is 1. The average Bonchev–Trinajstić information content (AvgIpc) is 2.61. The third-order valence-electron chi connectivity index (χ3n) is 4.27. The number of aromatic nitrogens is 2. The first-order valence-corrected chi connectivity index (χ1v) is 7.94. The van der Waals surface area contributed by atoms with Crippen LogP contribution in [0, 0.1) is 11.7 Å². The van der Waals surface area contributed by atoms with Gasteiger partial charge in [0.25, 0.3) is 0 Å². The van der Waals surface area contributed by atoms with Crippen LogP contribution in [0.15, 0.2) is 30.3 Å². The lowest BCUT2D eigenvalue weighted by Gasteiger charge is -2.30. The van der Waals surface area contributed by atoms with E-state index in [0.717, 1.165) is 18.2 Å². The molecule has 0 unspecified atom stereocenters. The molecule has 0 radical (unpaired) electrons. The zero-order valence-corrected chi connectivity index (χ0v) is 13.5. The molecule has 138 valence electrons. The van der Waals surface area contributed by atoms with Crippen LogP contribution >= 0.6 is 0 Å². The maximum Gasteiger partial charge on any atom is 0.433 e. The number of aliphatic carboxylic acids is 1. The van der Waals surface area contributed by atoms with E-state index in [2.05, 4.69) is 9.97 Å². The number of benzene rings is 1. The second kappa shape index (κ2) is 6.89. The molecule has 1 aliphatic heterocycles. The molecular weight excluding hydrogens is 354 g/mol. The van der Waals surface area contributed by atoms with E-state index in [1.165, 1.54) is 12.1 Å². The van der Waals surface area contributed by atoms with Gasteiger partial charge in [-0.15, -0.1) is 0 Å². The molecule has 3 rings (SSSR count). The fourth-order valence-electron chi connectivity index (χ4n) is 2.82. The number of carboxylic acids is 1. The van der Waals surface area contributed by atoms with E-state index in [-0.39, 0.29) is 24.7 Å². The van der Waals surface area contributed by atoms with E-state index in [4.69, 9.17) is 5.11 Å². The highest BCUT2D eigenvalue weighted by molar-refractivity contribution is 5.70. The summed E-state index contributed by atoms with van der Waals surface area (Å²) in [6.07, 6.45) is -4.05. The first-order chi connectivity index (χ1) is 12.2. The lowest BCUT2D eigenvalue weighted by Crippen LogP contribution is -2.37. The summed E-state index contributed by atoms with van der Waals surface area (Å²) in [5.41, 5.74) is -0.731. The topological polar surface area (TPSA) is 66.3 Å². The minimum absolute atomic E-state index is 0.0303. The third-order valence-corrected chi connectivity index (χ3v) is 4.27. The molecule has 2 heterocycles. The van der Waals surface area contributed by atoms with E-state index in [0.29, 0.717) is 18.4 Å². The summed E-state index contributed by atoms with van der Waals surface area (Å²) >= 11 is 0. The minimum Gasteiger partial charge on any atom is -0.481 e. The molecule has 0 aliphatic carbocycles. The number of hydrogen-bond donors (Lipinski definition) is 1. The molecule has 0 amide bonds. The number of anilines is 1. The fourth-order valence-corrected chi connectivity index (χ4v) is 2.82. The van der Waals surface area contributed by atoms with Crippen molar-refractivity contribution in [2.75, 3.05) is 18.0 Å². The Bertz CT molecular complexity index is 801. The molecule has 5 nitrogen and oxygen atoms in total. The maximum absolute atomic E-state index is 13.2. The van der Waals surface area contributed by atoms with E-state index >= 15 is 0 Å². The van der Waals surface area contributed by atoms with Crippen LogP contribution in [0.1, 0.15) is 18.5 Å². The Hall–Kier alpha value is -2.71. The van der Waals surface area contributed by atoms with Gasteiger partial charge in [0, 0.05) is 18.7 Å². The van der Waals surface area contributed by atoms with Gasteiger partial charge in [-0.25, -0.2) is 14.4 Å². The Morgan fingerprint density at radius 1 is 1.12 bits per heavy atom. The van der Waals surface area contributed by atoms with Gasteiger partial charge in [-0.05, 0) is 43.2 Å². The van der Waals surface area contributed by atoms with Crippen LogP contribution in [0.3, 0.4) is 0 Å². The summed E-state index contributed by atoms with van der Waals surface area (Å²) < 4.78 is 52.7. The molecule has 0 spiro atoms. The Morgan fingerprint density at radius 2 is 1.73 bits per heavy atom. The molecule has 2 aromatic rings. The number of hydrogen-bond acceptors (Lipinski definition) is 4. The van der Waals surface area contributed by atoms with Crippen molar-refractivity contribution >= 4 is 11.9 Å². The molecule has 9 heteroatoms. The lowest BCUT2D eigenvalue weighted by molar-refractivity contribution is -0.142. The van der Waals surface area contributed by atoms with Gasteiger partial charge in [0.05, 0.1) is 11.6 Å². The van der Waals surface area contributed by atoms with Crippen LogP contribution in [-0.2, 0) is 11.0 Å². The van der Waals surface area contributed by atoms with Crippen molar-refractivity contribution in [3.63, 3.8) is 0 Å². The molecule has 1 fully saturated rings. The summed E-state index contributed by atoms with van der Waals surface area (Å²) in [4.78, 5) is 20.4. The third kappa shape index (κ3) is 3.92. The average molecular weight is 369 g/mol. The molecule has 1 aromatic carbocycles. The van der Waals surface area contributed by atoms with Gasteiger partial charge < -0.3 is 10.0 Å². The molecule has 0 atom stereocenters. The molecule has 0 bridgehead atoms. The van der Waals surface area contributed by atoms with Crippen LogP contribution < -0.4 is 4.90 Å². The van der Waals surface area contributed by atoms with Gasteiger partial charge in [0.1, 0.15) is 5.82 Å². The van der Waals surface area contributed by atoms with Gasteiger partial charge in [-0.1, -0.05) is 0 Å². The molecule has 1 saturated heterocycles. The molecular formula is C17H15F4N3O2. The number of carbonyl (C=O) groups is 1. The zero-order valence-electron chi connectivity index (χ0n) is 13.5. The molecule has 26 heavy (non-hydrogen) atoms. The monoisotopic (exact) mass is 369 g/mol. The summed E-state index contributed by atoms with van der Waals surface area (Å²) in [6, 6.07) is 5.79. The highest BCUT2D eigenvalue weighted by Gasteiger charge is 2.35. The number of halogens is 4. The standard InChI is InChI=1S/C17H15F4N3O2/c18-12-3-1-10(2-4-12)13-9-14(17(19,20)21)23-16(22-13)24-7-5-11(6-8-24)15(25)26/h1-4,9,11H,5-8H2,(H,25,26). The van der Waals surface area contributed by atoms with E-state index in [1.54, 1.807) is 4.90 Å². The second-order valence-electron chi connectivity index (χ2n) is 6.04. The maximum atomic E-state index is 13.2. The predicted molar refractivity (Wildman–Crippen MR) is 85.0 cm³/mol. The smallest absolute Gasteiger partial charge is 0.433 e. The highest BCUT2D eigenvalue weighted by atomic mass is 19.4. The number of rotatable bonds is 3. The largest absolute Gasteiger partial charge is 0.481 e. The summed E-state index contributed by atoms with van der Waals surface area (Å²) in [5.74, 6) is -2.05. The van der Waals surface area contributed by atoms with Gasteiger partial charge >= 0.3 is 12.1 Å². The summed E-state index contributed by atoms with van der Waals surface area (Å²) in [5, 5.41) is 9.03. The van der Waals surface area contributed by atoms with Crippen molar-refractivity contribution in [2.45, 2.75) is 19.0 Å². The first kappa shape index (κ1) is 18.1. The van der Waals surface area contributed by atoms with Crippen molar-refractivity contribution in [1.29, 1.82) is 0 Å². The van der Waals surface area contributed by atoms with Gasteiger partial charge in [0.15, 0.2) is 5.69 Å². The van der Waals surface area contributed by atoms with Crippen molar-refractivity contribution in [2.24, 2.45) is 5.92 Å². The summed E-state index contributed by atoms with van der Waals surface area (Å²) in [7, 11) is 0. The Kier molecular flexibility index (Phi) is 4.80. The SMILES string of the molecule is O=C(O)C1CCN(c2nc(-c3ccc(F)cc3)cc(C(F)(F)F)n2)CC1. The molecule has 1 aliphatic rings. The first-order valence-electron chi connectivity index (χ1n) is 7.94. The van der Waals surface area contributed by atoms with Crippen molar-refractivity contribution < 1.29 is 27.5 Å². The van der Waals surface area contributed by atoms with Crippen LogP contribution in [0.4, 0.5) is 23.5 Å². The Labute approximate surface area is 146 Å². The van der Waals surface area contributed by atoms with Gasteiger partial charge in [-0.2, -0.15) is 13.2 Å². The van der Waals surface area contributed by atoms with Crippen molar-refractivity contribution in [3.8, 4) is 11.3 Å². The number of alkyl halides is 3. The van der Waals surface area contributed by atoms with Crippen LogP contribution in [-0.4, -0.2) is 34.1 Å². The van der Waals surface area contributed by atoms with Gasteiger partial charge in [-0.3, -0.25) is 4.79 Å². The Morgan fingerprint density at radius 3 is 2.27 bits per heavy atom. The van der Waals surface area contributed by atoms with E-state index < -0.39 is 29.6 Å². The zero-order chi connectivity index (χ0) is 18.9. The van der Waals surface area contributed by atoms with Crippen molar-refractivity contribution in [1.82, 2.24) is 9.97 Å². The summed E-state index contributed by atoms with van der Waals surface area (Å²) in [6.45, 7) is 0.502. The number of piperidine rings is 1. The fraction of sp³-hybridized carbons (Fsp3) is 0.353. The lowest BCUT2D eigenvalue weighted by atomic mass is 9.97. The Balaban J connectivity index is 1.96. The van der Waals surface area contributed by atoms with Crippen LogP contribution in [0.25, 0.3) is 11.3 Å². The quantitative estimate of drug-likeness (QED) is 0.838. The normalized spacial score (nSPS) is 15.9. The molecule has 1 aromatic heterocycles. The van der Waals surface area contributed by atoms with E-state index in [1.807, 2.05) is 0 Å². The number of nitrogens with zero attached hydrogens (tertiary/aromatic N) is 3. The van der Waals surface area contributed by atoms with Crippen LogP contribution in [0.5, 0.6) is 0 Å². The minimum atomic E-state index is -4.66. The van der Waals surface area contributed by atoms with Crippen molar-refractivity contribution in [3.05, 3.63) is 41.8 Å². The predicted octanol–water partition coefficient (Wildman–Crippen LogP) is 3.60. The van der Waals surface area contributed by atoms with E-state index in [9.17, 15) is 22.4 Å². The molecule has 0 saturated carbocycles. The second-order valence-corrected chi connectivity index (χ2v) is 6.04. The van der Waals surface area contributed by atoms with Crippen LogP contribution in [0.2, 0.25) is 0 Å².